The Kier molecular flexibility index (Phi) is 5.25. The largest absolute Gasteiger partial charge is 0.350 e. The van der Waals surface area contributed by atoms with Crippen LogP contribution in [0.2, 0.25) is 0 Å². The minimum absolute atomic E-state index is 0.0826. The fourth-order valence-corrected chi connectivity index (χ4v) is 1.87. The summed E-state index contributed by atoms with van der Waals surface area (Å²) in [7, 11) is 3.99. The Labute approximate surface area is 122 Å². The van der Waals surface area contributed by atoms with E-state index in [2.05, 4.69) is 52.6 Å². The number of amides is 1. The van der Waals surface area contributed by atoms with Crippen LogP contribution < -0.4 is 5.32 Å². The van der Waals surface area contributed by atoms with Gasteiger partial charge in [-0.25, -0.2) is 0 Å². The second-order valence-electron chi connectivity index (χ2n) is 5.05. The van der Waals surface area contributed by atoms with E-state index < -0.39 is 0 Å². The number of rotatable bonds is 4. The molecule has 0 saturated carbocycles. The van der Waals surface area contributed by atoms with Crippen LogP contribution in [-0.4, -0.2) is 37.0 Å². The molecular weight excluding hydrogens is 312 g/mol. The fraction of sp³-hybridized carbons (Fsp3) is 0.462. The van der Waals surface area contributed by atoms with Crippen LogP contribution in [0.4, 0.5) is 0 Å². The molecule has 1 N–H and O–H groups in total. The van der Waals surface area contributed by atoms with Crippen molar-refractivity contribution in [2.24, 2.45) is 0 Å². The number of halogens is 1. The van der Waals surface area contributed by atoms with Crippen LogP contribution in [0.3, 0.4) is 0 Å². The van der Waals surface area contributed by atoms with Crippen LogP contribution in [-0.2, 0) is 0 Å². The molecule has 0 bridgehead atoms. The lowest BCUT2D eigenvalue weighted by atomic mass is 10.0. The van der Waals surface area contributed by atoms with Gasteiger partial charge in [-0.3, -0.25) is 4.79 Å². The summed E-state index contributed by atoms with van der Waals surface area (Å²) < 4.78 is 0.778. The molecule has 1 rings (SSSR count). The van der Waals surface area contributed by atoms with E-state index in [1.165, 1.54) is 0 Å². The average Bonchev–Trinajstić information content (AvgIpc) is 2.29. The van der Waals surface area contributed by atoms with Gasteiger partial charge in [-0.2, -0.15) is 0 Å². The van der Waals surface area contributed by atoms with E-state index in [9.17, 15) is 4.79 Å². The SMILES string of the molecule is CN(C)C(C)(C)CNC(=O)c1cc(S)ccc1Br. The van der Waals surface area contributed by atoms with E-state index in [0.29, 0.717) is 12.1 Å². The molecule has 0 unspecified atom stereocenters. The normalized spacial score (nSPS) is 11.7. The molecule has 0 aliphatic heterocycles. The van der Waals surface area contributed by atoms with Gasteiger partial charge in [0, 0.05) is 21.5 Å². The topological polar surface area (TPSA) is 32.3 Å². The number of carbonyl (C=O) groups excluding carboxylic acids is 1. The molecule has 0 spiro atoms. The maximum atomic E-state index is 12.1. The van der Waals surface area contributed by atoms with Crippen LogP contribution in [0.25, 0.3) is 0 Å². The molecular formula is C13H19BrN2OS. The maximum Gasteiger partial charge on any atom is 0.252 e. The van der Waals surface area contributed by atoms with Gasteiger partial charge in [0.2, 0.25) is 0 Å². The summed E-state index contributed by atoms with van der Waals surface area (Å²) in [5, 5.41) is 2.94. The highest BCUT2D eigenvalue weighted by atomic mass is 79.9. The maximum absolute atomic E-state index is 12.1. The molecule has 0 atom stereocenters. The first kappa shape index (κ1) is 15.5. The highest BCUT2D eigenvalue weighted by Gasteiger charge is 2.21. The van der Waals surface area contributed by atoms with Crippen molar-refractivity contribution < 1.29 is 4.79 Å². The van der Waals surface area contributed by atoms with Gasteiger partial charge >= 0.3 is 0 Å². The van der Waals surface area contributed by atoms with E-state index in [1.54, 1.807) is 6.07 Å². The summed E-state index contributed by atoms with van der Waals surface area (Å²) >= 11 is 7.62. The zero-order chi connectivity index (χ0) is 13.9. The van der Waals surface area contributed by atoms with Crippen LogP contribution in [0.1, 0.15) is 24.2 Å². The van der Waals surface area contributed by atoms with Crippen LogP contribution in [0.15, 0.2) is 27.6 Å². The number of hydrogen-bond acceptors (Lipinski definition) is 3. The molecule has 0 aromatic heterocycles. The first-order chi connectivity index (χ1) is 8.24. The molecule has 0 fully saturated rings. The second kappa shape index (κ2) is 6.08. The van der Waals surface area contributed by atoms with Crippen molar-refractivity contribution in [2.45, 2.75) is 24.3 Å². The number of carbonyl (C=O) groups is 1. The third-order valence-corrected chi connectivity index (χ3v) is 4.06. The predicted octanol–water partition coefficient (Wildman–Crippen LogP) is 2.81. The predicted molar refractivity (Wildman–Crippen MR) is 81.5 cm³/mol. The summed E-state index contributed by atoms with van der Waals surface area (Å²) in [5.74, 6) is -0.0901. The van der Waals surface area contributed by atoms with Crippen molar-refractivity contribution >= 4 is 34.5 Å². The Hall–Kier alpha value is -0.520. The van der Waals surface area contributed by atoms with Gasteiger partial charge in [-0.05, 0) is 62.1 Å². The van der Waals surface area contributed by atoms with Gasteiger partial charge in [0.05, 0.1) is 5.56 Å². The van der Waals surface area contributed by atoms with Crippen molar-refractivity contribution in [2.75, 3.05) is 20.6 Å². The molecule has 0 radical (unpaired) electrons. The van der Waals surface area contributed by atoms with E-state index in [4.69, 9.17) is 0 Å². The summed E-state index contributed by atoms with van der Waals surface area (Å²) in [5.41, 5.74) is 0.526. The quantitative estimate of drug-likeness (QED) is 0.832. The Morgan fingerprint density at radius 3 is 2.61 bits per heavy atom. The van der Waals surface area contributed by atoms with Crippen LogP contribution in [0, 0.1) is 0 Å². The number of thiol groups is 1. The zero-order valence-corrected chi connectivity index (χ0v) is 13.6. The number of hydrogen-bond donors (Lipinski definition) is 2. The van der Waals surface area contributed by atoms with E-state index >= 15 is 0 Å². The summed E-state index contributed by atoms with van der Waals surface area (Å²) in [6.07, 6.45) is 0. The summed E-state index contributed by atoms with van der Waals surface area (Å²) in [4.78, 5) is 14.9. The average molecular weight is 331 g/mol. The molecule has 1 aromatic rings. The lowest BCUT2D eigenvalue weighted by molar-refractivity contribution is 0.0918. The number of nitrogens with one attached hydrogen (secondary N) is 1. The summed E-state index contributed by atoms with van der Waals surface area (Å²) in [6.45, 7) is 4.75. The molecule has 0 saturated heterocycles. The Bertz CT molecular complexity index is 447. The number of benzene rings is 1. The molecule has 100 valence electrons. The molecule has 5 heteroatoms. The van der Waals surface area contributed by atoms with Gasteiger partial charge < -0.3 is 10.2 Å². The first-order valence-electron chi connectivity index (χ1n) is 5.68. The molecule has 0 heterocycles. The summed E-state index contributed by atoms with van der Waals surface area (Å²) in [6, 6.07) is 5.42. The smallest absolute Gasteiger partial charge is 0.252 e. The molecule has 0 aliphatic rings. The highest BCUT2D eigenvalue weighted by molar-refractivity contribution is 9.10. The first-order valence-corrected chi connectivity index (χ1v) is 6.92. The second-order valence-corrected chi connectivity index (χ2v) is 6.42. The molecule has 18 heavy (non-hydrogen) atoms. The van der Waals surface area contributed by atoms with Crippen LogP contribution >= 0.6 is 28.6 Å². The molecule has 3 nitrogen and oxygen atoms in total. The van der Waals surface area contributed by atoms with E-state index in [0.717, 1.165) is 9.37 Å². The van der Waals surface area contributed by atoms with Crippen molar-refractivity contribution in [3.8, 4) is 0 Å². The van der Waals surface area contributed by atoms with Gasteiger partial charge in [0.25, 0.3) is 5.91 Å². The standard InChI is InChI=1S/C13H19BrN2OS/c1-13(2,16(3)4)8-15-12(17)10-7-9(18)5-6-11(10)14/h5-7,18H,8H2,1-4H3,(H,15,17). The van der Waals surface area contributed by atoms with Gasteiger partial charge in [0.15, 0.2) is 0 Å². The van der Waals surface area contributed by atoms with Gasteiger partial charge in [-0.1, -0.05) is 0 Å². The third-order valence-electron chi connectivity index (χ3n) is 3.09. The van der Waals surface area contributed by atoms with Crippen LogP contribution in [0.5, 0.6) is 0 Å². The van der Waals surface area contributed by atoms with Crippen molar-refractivity contribution in [1.29, 1.82) is 0 Å². The molecule has 0 aliphatic carbocycles. The van der Waals surface area contributed by atoms with E-state index in [1.807, 2.05) is 26.2 Å². The third kappa shape index (κ3) is 4.00. The van der Waals surface area contributed by atoms with Crippen molar-refractivity contribution in [3.05, 3.63) is 28.2 Å². The van der Waals surface area contributed by atoms with Crippen molar-refractivity contribution in [3.63, 3.8) is 0 Å². The number of nitrogens with zero attached hydrogens (tertiary/aromatic N) is 1. The van der Waals surface area contributed by atoms with Gasteiger partial charge in [0.1, 0.15) is 0 Å². The Balaban J connectivity index is 2.75. The minimum atomic E-state index is -0.0901. The van der Waals surface area contributed by atoms with Gasteiger partial charge in [-0.15, -0.1) is 12.6 Å². The Morgan fingerprint density at radius 2 is 2.06 bits per heavy atom. The highest BCUT2D eigenvalue weighted by Crippen LogP contribution is 2.20. The molecule has 1 amide bonds. The zero-order valence-electron chi connectivity index (χ0n) is 11.1. The monoisotopic (exact) mass is 330 g/mol. The Morgan fingerprint density at radius 1 is 1.44 bits per heavy atom. The fourth-order valence-electron chi connectivity index (χ4n) is 1.24. The molecule has 1 aromatic carbocycles. The number of likely N-dealkylation sites (N-methyl/N-ethyl adjacent to an activating group) is 1. The lowest BCUT2D eigenvalue weighted by Gasteiger charge is -2.32. The van der Waals surface area contributed by atoms with E-state index in [-0.39, 0.29) is 11.4 Å². The van der Waals surface area contributed by atoms with Crippen molar-refractivity contribution in [1.82, 2.24) is 10.2 Å². The minimum Gasteiger partial charge on any atom is -0.350 e. The lowest BCUT2D eigenvalue weighted by Crippen LogP contribution is -2.48.